The normalized spacial score (nSPS) is 16.9. The Morgan fingerprint density at radius 2 is 1.97 bits per heavy atom. The van der Waals surface area contributed by atoms with Crippen LogP contribution in [0.2, 0.25) is 0 Å². The summed E-state index contributed by atoms with van der Waals surface area (Å²) < 4.78 is 65.4. The fraction of sp³-hybridized carbons (Fsp3) is 0.280. The smallest absolute Gasteiger partial charge is 0.418 e. The van der Waals surface area contributed by atoms with Crippen LogP contribution in [0.4, 0.5) is 28.9 Å². The zero-order valence-corrected chi connectivity index (χ0v) is 20.4. The summed E-state index contributed by atoms with van der Waals surface area (Å²) in [7, 11) is 1.24. The Balaban J connectivity index is 1.45. The second-order valence-corrected chi connectivity index (χ2v) is 8.70. The molecule has 2 aromatic carbocycles. The lowest BCUT2D eigenvalue weighted by Gasteiger charge is -2.27. The van der Waals surface area contributed by atoms with Crippen LogP contribution in [0.1, 0.15) is 27.9 Å². The van der Waals surface area contributed by atoms with Crippen LogP contribution in [0.3, 0.4) is 0 Å². The predicted octanol–water partition coefficient (Wildman–Crippen LogP) is 2.89. The number of H-pyrrole nitrogens is 1. The van der Waals surface area contributed by atoms with Crippen molar-refractivity contribution >= 4 is 23.2 Å². The van der Waals surface area contributed by atoms with Gasteiger partial charge in [0.1, 0.15) is 17.1 Å². The Kier molecular flexibility index (Phi) is 7.85. The molecule has 1 aliphatic heterocycles. The van der Waals surface area contributed by atoms with E-state index < -0.39 is 40.5 Å². The summed E-state index contributed by atoms with van der Waals surface area (Å²) in [5.74, 6) is -2.12. The van der Waals surface area contributed by atoms with Gasteiger partial charge in [0.05, 0.1) is 36.7 Å². The van der Waals surface area contributed by atoms with E-state index in [1.165, 1.54) is 31.4 Å². The molecular weight excluding hydrogens is 526 g/mol. The molecule has 0 unspecified atom stereocenters. The van der Waals surface area contributed by atoms with Crippen LogP contribution in [0, 0.1) is 5.82 Å². The van der Waals surface area contributed by atoms with Crippen LogP contribution in [-0.4, -0.2) is 47.9 Å². The number of carbonyl (C=O) groups excluding carboxylic acids is 2. The largest absolute Gasteiger partial charge is 0.497 e. The van der Waals surface area contributed by atoms with Gasteiger partial charge in [-0.3, -0.25) is 14.4 Å². The summed E-state index contributed by atoms with van der Waals surface area (Å²) in [6.45, 7) is -0.233. The highest BCUT2D eigenvalue weighted by Gasteiger charge is 2.44. The Labute approximate surface area is 218 Å². The lowest BCUT2D eigenvalue weighted by molar-refractivity contribution is -0.137. The molecule has 2 heterocycles. The molecule has 0 bridgehead atoms. The molecule has 1 aromatic heterocycles. The first-order valence-corrected chi connectivity index (χ1v) is 11.5. The number of amides is 2. The fourth-order valence-corrected chi connectivity index (χ4v) is 3.95. The monoisotopic (exact) mass is 549 g/mol. The number of benzene rings is 2. The van der Waals surface area contributed by atoms with Gasteiger partial charge < -0.3 is 25.4 Å². The van der Waals surface area contributed by atoms with Crippen LogP contribution >= 0.6 is 0 Å². The quantitative estimate of drug-likeness (QED) is 0.318. The molecular formula is C25H23F4N5O5. The van der Waals surface area contributed by atoms with Crippen LogP contribution in [0.25, 0.3) is 0 Å². The van der Waals surface area contributed by atoms with Crippen molar-refractivity contribution in [3.63, 3.8) is 0 Å². The number of methoxy groups -OCH3 is 1. The standard InChI is InChI=1S/C25H23F4N5O5/c1-38-17-4-5-20(18(10-17)25(27,28)29)32-16-3-2-14(19(26)9-16)11-30-23(37)24(6-7-39-13-24)33-22(36)15-8-21(35)34-31-12-15/h2-5,8-10,12,32H,6-7,11,13H2,1H3,(H,30,37)(H,33,36)(H,34,35)/t24-/m0/s1. The molecule has 1 saturated heterocycles. The summed E-state index contributed by atoms with van der Waals surface area (Å²) in [5.41, 5.74) is -3.29. The number of anilines is 2. The van der Waals surface area contributed by atoms with Gasteiger partial charge in [-0.05, 0) is 30.3 Å². The van der Waals surface area contributed by atoms with Crippen LogP contribution in [0.15, 0.2) is 53.5 Å². The van der Waals surface area contributed by atoms with Crippen molar-refractivity contribution in [3.05, 3.63) is 81.5 Å². The highest BCUT2D eigenvalue weighted by Crippen LogP contribution is 2.38. The minimum absolute atomic E-state index is 0.0147. The van der Waals surface area contributed by atoms with Gasteiger partial charge in [-0.2, -0.15) is 18.3 Å². The van der Waals surface area contributed by atoms with Gasteiger partial charge in [-0.15, -0.1) is 0 Å². The number of ether oxygens (including phenoxy) is 2. The van der Waals surface area contributed by atoms with E-state index in [0.717, 1.165) is 24.4 Å². The molecule has 10 nitrogen and oxygen atoms in total. The molecule has 2 amide bonds. The molecule has 3 aromatic rings. The van der Waals surface area contributed by atoms with E-state index in [1.807, 2.05) is 0 Å². The Bertz CT molecular complexity index is 1440. The number of hydrogen-bond donors (Lipinski definition) is 4. The van der Waals surface area contributed by atoms with Crippen LogP contribution in [0.5, 0.6) is 5.75 Å². The maximum absolute atomic E-state index is 14.8. The number of carbonyl (C=O) groups is 2. The summed E-state index contributed by atoms with van der Waals surface area (Å²) in [6, 6.07) is 8.05. The van der Waals surface area contributed by atoms with Gasteiger partial charge in [-0.25, -0.2) is 9.49 Å². The minimum Gasteiger partial charge on any atom is -0.497 e. The Morgan fingerprint density at radius 3 is 2.62 bits per heavy atom. The highest BCUT2D eigenvalue weighted by molar-refractivity contribution is 5.99. The van der Waals surface area contributed by atoms with Gasteiger partial charge in [-0.1, -0.05) is 6.07 Å². The number of aromatic amines is 1. The first-order valence-electron chi connectivity index (χ1n) is 11.5. The molecule has 0 radical (unpaired) electrons. The molecule has 1 atom stereocenters. The number of alkyl halides is 3. The molecule has 206 valence electrons. The summed E-state index contributed by atoms with van der Waals surface area (Å²) in [5, 5.41) is 13.4. The molecule has 14 heteroatoms. The number of aromatic nitrogens is 2. The maximum Gasteiger partial charge on any atom is 0.418 e. The molecule has 39 heavy (non-hydrogen) atoms. The first-order chi connectivity index (χ1) is 18.5. The van der Waals surface area contributed by atoms with Gasteiger partial charge >= 0.3 is 6.18 Å². The van der Waals surface area contributed by atoms with Gasteiger partial charge in [0.25, 0.3) is 11.5 Å². The topological polar surface area (TPSA) is 134 Å². The number of nitrogens with zero attached hydrogens (tertiary/aromatic N) is 1. The molecule has 1 fully saturated rings. The van der Waals surface area contributed by atoms with E-state index in [-0.39, 0.29) is 54.4 Å². The molecule has 0 saturated carbocycles. The third kappa shape index (κ3) is 6.34. The van der Waals surface area contributed by atoms with Crippen LogP contribution in [-0.2, 0) is 22.3 Å². The maximum atomic E-state index is 14.8. The van der Waals surface area contributed by atoms with Gasteiger partial charge in [0.2, 0.25) is 5.91 Å². The second kappa shape index (κ2) is 11.1. The second-order valence-electron chi connectivity index (χ2n) is 8.70. The van der Waals surface area contributed by atoms with Crippen LogP contribution < -0.4 is 26.2 Å². The van der Waals surface area contributed by atoms with E-state index in [9.17, 15) is 31.9 Å². The zero-order chi connectivity index (χ0) is 28.2. The SMILES string of the molecule is COc1ccc(Nc2ccc(CNC(=O)[C@]3(NC(=O)c4cn[nH]c(=O)c4)CCOC3)c(F)c2)c(C(F)(F)F)c1. The summed E-state index contributed by atoms with van der Waals surface area (Å²) >= 11 is 0. The van der Waals surface area contributed by atoms with Crippen molar-refractivity contribution < 1.29 is 36.6 Å². The van der Waals surface area contributed by atoms with Crippen molar-refractivity contribution in [2.75, 3.05) is 25.6 Å². The van der Waals surface area contributed by atoms with E-state index in [2.05, 4.69) is 26.1 Å². The summed E-state index contributed by atoms with van der Waals surface area (Å²) in [4.78, 5) is 37.1. The molecule has 4 N–H and O–H groups in total. The molecule has 0 spiro atoms. The van der Waals surface area contributed by atoms with Crippen molar-refractivity contribution in [2.24, 2.45) is 0 Å². The Hall–Kier alpha value is -4.46. The predicted molar refractivity (Wildman–Crippen MR) is 130 cm³/mol. The molecule has 4 rings (SSSR count). The lowest BCUT2D eigenvalue weighted by Crippen LogP contribution is -2.59. The minimum atomic E-state index is -4.68. The number of hydrogen-bond acceptors (Lipinski definition) is 7. The molecule has 0 aliphatic carbocycles. The lowest BCUT2D eigenvalue weighted by atomic mass is 9.96. The third-order valence-corrected chi connectivity index (χ3v) is 6.04. The van der Waals surface area contributed by atoms with Crippen molar-refractivity contribution in [2.45, 2.75) is 24.7 Å². The number of nitrogens with one attached hydrogen (secondary N) is 4. The Morgan fingerprint density at radius 1 is 1.18 bits per heavy atom. The highest BCUT2D eigenvalue weighted by atomic mass is 19.4. The fourth-order valence-electron chi connectivity index (χ4n) is 3.95. The van der Waals surface area contributed by atoms with E-state index in [1.54, 1.807) is 0 Å². The van der Waals surface area contributed by atoms with Gasteiger partial charge in [0.15, 0.2) is 0 Å². The number of halogens is 4. The third-order valence-electron chi connectivity index (χ3n) is 6.04. The first kappa shape index (κ1) is 27.6. The van der Waals surface area contributed by atoms with Gasteiger partial charge in [0, 0.05) is 36.9 Å². The van der Waals surface area contributed by atoms with Crippen molar-refractivity contribution in [1.82, 2.24) is 20.8 Å². The van der Waals surface area contributed by atoms with E-state index in [4.69, 9.17) is 9.47 Å². The zero-order valence-electron chi connectivity index (χ0n) is 20.4. The van der Waals surface area contributed by atoms with Crippen molar-refractivity contribution in [1.29, 1.82) is 0 Å². The average molecular weight is 549 g/mol. The number of rotatable bonds is 8. The average Bonchev–Trinajstić information content (AvgIpc) is 3.37. The molecule has 1 aliphatic rings. The summed E-state index contributed by atoms with van der Waals surface area (Å²) in [6.07, 6.45) is -3.41. The van der Waals surface area contributed by atoms with E-state index >= 15 is 0 Å². The van der Waals surface area contributed by atoms with E-state index in [0.29, 0.717) is 0 Å². The van der Waals surface area contributed by atoms with Crippen molar-refractivity contribution in [3.8, 4) is 5.75 Å².